The van der Waals surface area contributed by atoms with E-state index in [1.807, 2.05) is 60.9 Å². The molecule has 7 nitrogen and oxygen atoms in total. The van der Waals surface area contributed by atoms with Crippen molar-refractivity contribution < 1.29 is 4.79 Å². The van der Waals surface area contributed by atoms with E-state index < -0.39 is 0 Å². The van der Waals surface area contributed by atoms with Crippen molar-refractivity contribution in [2.45, 2.75) is 52.7 Å². The molecule has 0 aliphatic rings. The summed E-state index contributed by atoms with van der Waals surface area (Å²) in [6, 6.07) is 12.3. The third-order valence-electron chi connectivity index (χ3n) is 5.28. The lowest BCUT2D eigenvalue weighted by atomic mass is 10.1. The summed E-state index contributed by atoms with van der Waals surface area (Å²) < 4.78 is 3.76. The minimum Gasteiger partial charge on any atom is -0.341 e. The monoisotopic (exact) mass is 404 g/mol. The molecule has 0 unspecified atom stereocenters. The lowest BCUT2D eigenvalue weighted by molar-refractivity contribution is -0.130. The molecule has 156 valence electrons. The first-order valence-electron chi connectivity index (χ1n) is 10.2. The van der Waals surface area contributed by atoms with E-state index in [0.717, 1.165) is 22.5 Å². The van der Waals surface area contributed by atoms with Crippen LogP contribution in [0, 0.1) is 25.2 Å². The second-order valence-electron chi connectivity index (χ2n) is 7.56. The molecule has 0 radical (unpaired) electrons. The first-order chi connectivity index (χ1) is 14.5. The Morgan fingerprint density at radius 2 is 1.97 bits per heavy atom. The van der Waals surface area contributed by atoms with E-state index in [0.29, 0.717) is 38.9 Å². The molecule has 0 saturated carbocycles. The van der Waals surface area contributed by atoms with Gasteiger partial charge < -0.3 is 4.90 Å². The van der Waals surface area contributed by atoms with E-state index in [1.54, 1.807) is 4.90 Å². The molecule has 0 atom stereocenters. The Morgan fingerprint density at radius 1 is 1.20 bits per heavy atom. The zero-order chi connectivity index (χ0) is 21.5. The number of hydrogen-bond acceptors (Lipinski definition) is 4. The maximum Gasteiger partial charge on any atom is 0.222 e. The van der Waals surface area contributed by atoms with Gasteiger partial charge in [0.2, 0.25) is 5.91 Å². The molecule has 0 saturated heterocycles. The summed E-state index contributed by atoms with van der Waals surface area (Å²) >= 11 is 0. The van der Waals surface area contributed by atoms with E-state index in [9.17, 15) is 4.79 Å². The van der Waals surface area contributed by atoms with Crippen LogP contribution in [0.3, 0.4) is 0 Å². The van der Waals surface area contributed by atoms with E-state index >= 15 is 0 Å². The van der Waals surface area contributed by atoms with Gasteiger partial charge in [-0.1, -0.05) is 30.3 Å². The number of aromatic nitrogens is 4. The Labute approximate surface area is 177 Å². The quantitative estimate of drug-likeness (QED) is 0.548. The fourth-order valence-corrected chi connectivity index (χ4v) is 3.60. The van der Waals surface area contributed by atoms with Gasteiger partial charge in [-0.2, -0.15) is 15.5 Å². The average Bonchev–Trinajstić information content (AvgIpc) is 3.28. The largest absolute Gasteiger partial charge is 0.341 e. The Bertz CT molecular complexity index is 1030. The average molecular weight is 405 g/mol. The highest BCUT2D eigenvalue weighted by molar-refractivity contribution is 5.76. The van der Waals surface area contributed by atoms with Crippen molar-refractivity contribution in [1.29, 1.82) is 5.26 Å². The van der Waals surface area contributed by atoms with Crippen LogP contribution in [-0.2, 0) is 30.8 Å². The van der Waals surface area contributed by atoms with Crippen LogP contribution in [0.4, 0.5) is 0 Å². The fourth-order valence-electron chi connectivity index (χ4n) is 3.60. The van der Waals surface area contributed by atoms with Crippen molar-refractivity contribution in [3.8, 4) is 6.07 Å². The Hall–Kier alpha value is -3.40. The Kier molecular flexibility index (Phi) is 7.02. The summed E-state index contributed by atoms with van der Waals surface area (Å²) in [6.07, 6.45) is 5.33. The SMILES string of the molecule is Cc1nn(CCC#N)c(C)c1CCC(=O)N(C)Cc1cnn(Cc2ccccc2)c1. The predicted octanol–water partition coefficient (Wildman–Crippen LogP) is 3.25. The van der Waals surface area contributed by atoms with Gasteiger partial charge >= 0.3 is 0 Å². The fraction of sp³-hybridized carbons (Fsp3) is 0.391. The molecule has 0 N–H and O–H groups in total. The molecule has 0 bridgehead atoms. The van der Waals surface area contributed by atoms with Crippen molar-refractivity contribution in [2.75, 3.05) is 7.05 Å². The summed E-state index contributed by atoms with van der Waals surface area (Å²) in [6.45, 7) is 5.80. The van der Waals surface area contributed by atoms with Gasteiger partial charge in [0.1, 0.15) is 0 Å². The molecule has 1 amide bonds. The number of carbonyl (C=O) groups excluding carboxylic acids is 1. The number of hydrogen-bond donors (Lipinski definition) is 0. The molecule has 7 heteroatoms. The van der Waals surface area contributed by atoms with Crippen LogP contribution in [0.1, 0.15) is 40.9 Å². The highest BCUT2D eigenvalue weighted by Crippen LogP contribution is 2.16. The topological polar surface area (TPSA) is 79.7 Å². The number of amides is 1. The van der Waals surface area contributed by atoms with Gasteiger partial charge in [0, 0.05) is 37.5 Å². The van der Waals surface area contributed by atoms with Crippen LogP contribution in [-0.4, -0.2) is 37.4 Å². The van der Waals surface area contributed by atoms with E-state index in [-0.39, 0.29) is 5.91 Å². The van der Waals surface area contributed by atoms with Crippen LogP contribution >= 0.6 is 0 Å². The lowest BCUT2D eigenvalue weighted by Crippen LogP contribution is -2.26. The first-order valence-corrected chi connectivity index (χ1v) is 10.2. The van der Waals surface area contributed by atoms with Gasteiger partial charge in [-0.3, -0.25) is 14.2 Å². The standard InChI is InChI=1S/C23H28N6O/c1-18-22(19(2)29(26-18)13-7-12-24)10-11-23(30)27(3)15-21-14-25-28(17-21)16-20-8-5-4-6-9-20/h4-6,8-9,14,17H,7,10-11,13,15-16H2,1-3H3. The van der Waals surface area contributed by atoms with Crippen molar-refractivity contribution in [3.05, 3.63) is 70.8 Å². The molecule has 1 aromatic carbocycles. The smallest absolute Gasteiger partial charge is 0.222 e. The van der Waals surface area contributed by atoms with Crippen molar-refractivity contribution >= 4 is 5.91 Å². The molecular weight excluding hydrogens is 376 g/mol. The first kappa shape index (κ1) is 21.3. The van der Waals surface area contributed by atoms with Crippen LogP contribution in [0.5, 0.6) is 0 Å². The van der Waals surface area contributed by atoms with E-state index in [4.69, 9.17) is 5.26 Å². The summed E-state index contributed by atoms with van der Waals surface area (Å²) in [5.74, 6) is 0.0920. The van der Waals surface area contributed by atoms with Gasteiger partial charge in [-0.25, -0.2) is 0 Å². The van der Waals surface area contributed by atoms with Crippen molar-refractivity contribution in [1.82, 2.24) is 24.5 Å². The predicted molar refractivity (Wildman–Crippen MR) is 114 cm³/mol. The van der Waals surface area contributed by atoms with Gasteiger partial charge in [0.25, 0.3) is 0 Å². The Balaban J connectivity index is 1.53. The zero-order valence-electron chi connectivity index (χ0n) is 17.9. The summed E-state index contributed by atoms with van der Waals surface area (Å²) in [5.41, 5.74) is 5.28. The number of benzene rings is 1. The molecule has 0 aliphatic carbocycles. The molecule has 30 heavy (non-hydrogen) atoms. The second-order valence-corrected chi connectivity index (χ2v) is 7.56. The van der Waals surface area contributed by atoms with Gasteiger partial charge in [-0.05, 0) is 31.4 Å². The maximum atomic E-state index is 12.6. The van der Waals surface area contributed by atoms with Crippen LogP contribution in [0.2, 0.25) is 0 Å². The molecule has 0 fully saturated rings. The molecule has 2 heterocycles. The minimum atomic E-state index is 0.0920. The molecule has 0 spiro atoms. The van der Waals surface area contributed by atoms with E-state index in [2.05, 4.69) is 28.4 Å². The normalized spacial score (nSPS) is 10.7. The number of nitrogens with zero attached hydrogens (tertiary/aromatic N) is 6. The number of rotatable bonds is 9. The molecule has 3 aromatic rings. The third kappa shape index (κ3) is 5.35. The highest BCUT2D eigenvalue weighted by Gasteiger charge is 2.15. The van der Waals surface area contributed by atoms with Crippen LogP contribution in [0.25, 0.3) is 0 Å². The number of aryl methyl sites for hydroxylation is 2. The second kappa shape index (κ2) is 9.88. The number of nitriles is 1. The van der Waals surface area contributed by atoms with Gasteiger partial charge in [0.05, 0.1) is 37.5 Å². The van der Waals surface area contributed by atoms with Crippen molar-refractivity contribution in [2.24, 2.45) is 0 Å². The minimum absolute atomic E-state index is 0.0920. The highest BCUT2D eigenvalue weighted by atomic mass is 16.2. The van der Waals surface area contributed by atoms with Gasteiger partial charge in [0.15, 0.2) is 0 Å². The molecule has 3 rings (SSSR count). The maximum absolute atomic E-state index is 12.6. The molecular formula is C23H28N6O. The van der Waals surface area contributed by atoms with Crippen LogP contribution < -0.4 is 0 Å². The van der Waals surface area contributed by atoms with Gasteiger partial charge in [-0.15, -0.1) is 0 Å². The number of carbonyl (C=O) groups is 1. The lowest BCUT2D eigenvalue weighted by Gasteiger charge is -2.16. The third-order valence-corrected chi connectivity index (χ3v) is 5.28. The van der Waals surface area contributed by atoms with Crippen molar-refractivity contribution in [3.63, 3.8) is 0 Å². The zero-order valence-corrected chi connectivity index (χ0v) is 17.9. The summed E-state index contributed by atoms with van der Waals surface area (Å²) in [5, 5.41) is 17.7. The summed E-state index contributed by atoms with van der Waals surface area (Å²) in [7, 11) is 1.83. The molecule has 2 aromatic heterocycles. The Morgan fingerprint density at radius 3 is 2.70 bits per heavy atom. The van der Waals surface area contributed by atoms with E-state index in [1.165, 1.54) is 5.56 Å². The van der Waals surface area contributed by atoms with Crippen LogP contribution in [0.15, 0.2) is 42.7 Å². The molecule has 0 aliphatic heterocycles. The summed E-state index contributed by atoms with van der Waals surface area (Å²) in [4.78, 5) is 14.4.